The number of hydrogen-bond acceptors (Lipinski definition) is 4. The quantitative estimate of drug-likeness (QED) is 0.651. The Balaban J connectivity index is 1.31. The van der Waals surface area contributed by atoms with Crippen molar-refractivity contribution in [1.29, 1.82) is 0 Å². The van der Waals surface area contributed by atoms with Crippen molar-refractivity contribution in [2.75, 3.05) is 19.6 Å². The number of fused-ring (bicyclic) bond motifs is 2. The third kappa shape index (κ3) is 3.91. The molecule has 3 aromatic rings. The molecule has 0 saturated carbocycles. The number of para-hydroxylation sites is 1. The molecule has 6 nitrogen and oxygen atoms in total. The van der Waals surface area contributed by atoms with E-state index in [1.165, 1.54) is 5.56 Å². The first-order chi connectivity index (χ1) is 15.6. The maximum atomic E-state index is 13.1. The van der Waals surface area contributed by atoms with Gasteiger partial charge in [0.15, 0.2) is 0 Å². The number of furan rings is 1. The predicted octanol–water partition coefficient (Wildman–Crippen LogP) is 3.14. The summed E-state index contributed by atoms with van der Waals surface area (Å²) in [5, 5.41) is 4.12. The van der Waals surface area contributed by atoms with Crippen molar-refractivity contribution in [2.45, 2.75) is 44.8 Å². The summed E-state index contributed by atoms with van der Waals surface area (Å²) in [5.41, 5.74) is 3.18. The predicted molar refractivity (Wildman–Crippen MR) is 123 cm³/mol. The molecule has 0 bridgehead atoms. The topological polar surface area (TPSA) is 65.8 Å². The van der Waals surface area contributed by atoms with E-state index in [-0.39, 0.29) is 11.8 Å². The van der Waals surface area contributed by atoms with E-state index in [0.717, 1.165) is 48.2 Å². The van der Waals surface area contributed by atoms with E-state index in [4.69, 9.17) is 4.42 Å². The minimum absolute atomic E-state index is 0.0264. The summed E-state index contributed by atoms with van der Waals surface area (Å²) in [4.78, 5) is 30.1. The Morgan fingerprint density at radius 2 is 1.81 bits per heavy atom. The van der Waals surface area contributed by atoms with Gasteiger partial charge in [-0.2, -0.15) is 0 Å². The van der Waals surface area contributed by atoms with Gasteiger partial charge < -0.3 is 14.6 Å². The lowest BCUT2D eigenvalue weighted by atomic mass is 9.98. The zero-order chi connectivity index (χ0) is 22.1. The molecular weight excluding hydrogens is 402 g/mol. The van der Waals surface area contributed by atoms with Crippen LogP contribution in [0.15, 0.2) is 59.0 Å². The van der Waals surface area contributed by atoms with E-state index in [9.17, 15) is 9.59 Å². The molecule has 2 fully saturated rings. The molecule has 2 unspecified atom stereocenters. The second-order valence-electron chi connectivity index (χ2n) is 8.78. The van der Waals surface area contributed by atoms with E-state index in [1.807, 2.05) is 48.5 Å². The summed E-state index contributed by atoms with van der Waals surface area (Å²) < 4.78 is 6.13. The number of aryl methyl sites for hydroxylation is 1. The maximum Gasteiger partial charge on any atom is 0.246 e. The number of hydrogen-bond donors (Lipinski definition) is 1. The fraction of sp³-hybridized carbons (Fsp3) is 0.385. The first kappa shape index (κ1) is 20.8. The standard InChI is InChI=1S/C26H29N3O3/c1-2-8-23-20(19-11-6-7-12-24(19)32-23)16-28-13-14-29-22(17-28)25(30)27-21(26(29)31)15-18-9-4-3-5-10-18/h3-7,9-12,21-22H,2,8,13-17H2,1H3,(H,27,30). The summed E-state index contributed by atoms with van der Waals surface area (Å²) in [7, 11) is 0. The van der Waals surface area contributed by atoms with Crippen LogP contribution in [0.2, 0.25) is 0 Å². The number of amides is 2. The fourth-order valence-corrected chi connectivity index (χ4v) is 4.96. The molecule has 5 rings (SSSR count). The van der Waals surface area contributed by atoms with Gasteiger partial charge in [0.1, 0.15) is 23.4 Å². The Morgan fingerprint density at radius 1 is 1.03 bits per heavy atom. The summed E-state index contributed by atoms with van der Waals surface area (Å²) in [6.07, 6.45) is 2.44. The van der Waals surface area contributed by atoms with Gasteiger partial charge in [-0.15, -0.1) is 0 Å². The average Bonchev–Trinajstić information content (AvgIpc) is 3.15. The molecule has 1 aromatic heterocycles. The van der Waals surface area contributed by atoms with Crippen LogP contribution in [-0.4, -0.2) is 53.3 Å². The molecule has 166 valence electrons. The van der Waals surface area contributed by atoms with Gasteiger partial charge in [0.05, 0.1) is 0 Å². The highest BCUT2D eigenvalue weighted by molar-refractivity contribution is 5.97. The van der Waals surface area contributed by atoms with Crippen molar-refractivity contribution in [3.8, 4) is 0 Å². The lowest BCUT2D eigenvalue weighted by molar-refractivity contribution is -0.153. The minimum atomic E-state index is -0.485. The number of nitrogens with one attached hydrogen (secondary N) is 1. The van der Waals surface area contributed by atoms with Gasteiger partial charge in [-0.3, -0.25) is 14.5 Å². The van der Waals surface area contributed by atoms with Crippen LogP contribution in [0.5, 0.6) is 0 Å². The van der Waals surface area contributed by atoms with Crippen molar-refractivity contribution >= 4 is 22.8 Å². The molecule has 2 aromatic carbocycles. The first-order valence-corrected chi connectivity index (χ1v) is 11.5. The Bertz CT molecular complexity index is 1120. The lowest BCUT2D eigenvalue weighted by Gasteiger charge is -2.45. The Hall–Kier alpha value is -3.12. The Labute approximate surface area is 188 Å². The van der Waals surface area contributed by atoms with E-state index in [1.54, 1.807) is 4.90 Å². The molecular formula is C26H29N3O3. The van der Waals surface area contributed by atoms with E-state index in [2.05, 4.69) is 23.2 Å². The van der Waals surface area contributed by atoms with Crippen LogP contribution >= 0.6 is 0 Å². The third-order valence-electron chi connectivity index (χ3n) is 6.59. The van der Waals surface area contributed by atoms with Gasteiger partial charge in [-0.25, -0.2) is 0 Å². The van der Waals surface area contributed by atoms with Crippen LogP contribution in [0.1, 0.15) is 30.2 Å². The highest BCUT2D eigenvalue weighted by Crippen LogP contribution is 2.29. The molecule has 0 aliphatic carbocycles. The van der Waals surface area contributed by atoms with Crippen LogP contribution in [0, 0.1) is 0 Å². The molecule has 3 heterocycles. The largest absolute Gasteiger partial charge is 0.461 e. The molecule has 1 N–H and O–H groups in total. The molecule has 2 aliphatic rings. The van der Waals surface area contributed by atoms with Crippen molar-refractivity contribution in [2.24, 2.45) is 0 Å². The molecule has 32 heavy (non-hydrogen) atoms. The van der Waals surface area contributed by atoms with Gasteiger partial charge in [-0.05, 0) is 18.1 Å². The number of nitrogens with zero attached hydrogens (tertiary/aromatic N) is 2. The zero-order valence-electron chi connectivity index (χ0n) is 18.4. The van der Waals surface area contributed by atoms with Crippen LogP contribution in [-0.2, 0) is 29.0 Å². The maximum absolute atomic E-state index is 13.1. The number of piperazine rings is 2. The SMILES string of the molecule is CCCc1oc2ccccc2c1CN1CCN2C(=O)C(Cc3ccccc3)NC(=O)C2C1. The van der Waals surface area contributed by atoms with Crippen LogP contribution in [0.3, 0.4) is 0 Å². The van der Waals surface area contributed by atoms with E-state index >= 15 is 0 Å². The lowest BCUT2D eigenvalue weighted by Crippen LogP contribution is -2.69. The molecule has 0 spiro atoms. The first-order valence-electron chi connectivity index (χ1n) is 11.5. The fourth-order valence-electron chi connectivity index (χ4n) is 4.96. The Kier molecular flexibility index (Phi) is 5.70. The molecule has 0 radical (unpaired) electrons. The van der Waals surface area contributed by atoms with Crippen molar-refractivity contribution in [3.63, 3.8) is 0 Å². The molecule has 2 aliphatic heterocycles. The molecule has 2 saturated heterocycles. The summed E-state index contributed by atoms with van der Waals surface area (Å²) >= 11 is 0. The molecule has 2 atom stereocenters. The smallest absolute Gasteiger partial charge is 0.246 e. The van der Waals surface area contributed by atoms with Gasteiger partial charge >= 0.3 is 0 Å². The summed E-state index contributed by atoms with van der Waals surface area (Å²) in [5.74, 6) is 1.00. The van der Waals surface area contributed by atoms with Gasteiger partial charge in [-0.1, -0.05) is 55.5 Å². The van der Waals surface area contributed by atoms with Crippen LogP contribution < -0.4 is 5.32 Å². The van der Waals surface area contributed by atoms with Gasteiger partial charge in [0.25, 0.3) is 0 Å². The summed E-state index contributed by atoms with van der Waals surface area (Å²) in [6.45, 7) is 4.74. The van der Waals surface area contributed by atoms with Gasteiger partial charge in [0.2, 0.25) is 11.8 Å². The molecule has 6 heteroatoms. The number of carbonyl (C=O) groups is 2. The zero-order valence-corrected chi connectivity index (χ0v) is 18.4. The second-order valence-corrected chi connectivity index (χ2v) is 8.78. The van der Waals surface area contributed by atoms with Gasteiger partial charge in [0, 0.05) is 50.0 Å². The van der Waals surface area contributed by atoms with Crippen LogP contribution in [0.4, 0.5) is 0 Å². The highest BCUT2D eigenvalue weighted by atomic mass is 16.3. The van der Waals surface area contributed by atoms with E-state index in [0.29, 0.717) is 19.5 Å². The number of benzene rings is 2. The van der Waals surface area contributed by atoms with Crippen molar-refractivity contribution in [1.82, 2.24) is 15.1 Å². The normalized spacial score (nSPS) is 21.6. The summed E-state index contributed by atoms with van der Waals surface area (Å²) in [6, 6.07) is 17.1. The van der Waals surface area contributed by atoms with Crippen molar-refractivity contribution < 1.29 is 14.0 Å². The van der Waals surface area contributed by atoms with Crippen LogP contribution in [0.25, 0.3) is 11.0 Å². The molecule has 2 amide bonds. The third-order valence-corrected chi connectivity index (χ3v) is 6.59. The van der Waals surface area contributed by atoms with E-state index < -0.39 is 12.1 Å². The average molecular weight is 432 g/mol. The second kappa shape index (κ2) is 8.79. The Morgan fingerprint density at radius 3 is 2.62 bits per heavy atom. The number of carbonyl (C=O) groups excluding carboxylic acids is 2. The highest BCUT2D eigenvalue weighted by Gasteiger charge is 2.43. The minimum Gasteiger partial charge on any atom is -0.461 e. The van der Waals surface area contributed by atoms with Crippen molar-refractivity contribution in [3.05, 3.63) is 71.5 Å². The monoisotopic (exact) mass is 431 g/mol. The number of rotatable bonds is 6.